The van der Waals surface area contributed by atoms with Crippen LogP contribution in [0, 0.1) is 5.41 Å². The first kappa shape index (κ1) is 5.88. The van der Waals surface area contributed by atoms with Crippen LogP contribution in [-0.4, -0.2) is 12.4 Å². The Morgan fingerprint density at radius 2 is 2.56 bits per heavy atom. The number of hydrogen-bond donors (Lipinski definition) is 2. The van der Waals surface area contributed by atoms with Gasteiger partial charge in [0.2, 0.25) is 0 Å². The standard InChI is InChI=1S/C6H8N2O/c7-6(8)5-2-1-3-9-4-5/h1-2,4H,3H2,(H3,7,8). The van der Waals surface area contributed by atoms with Crippen molar-refractivity contribution < 1.29 is 4.74 Å². The van der Waals surface area contributed by atoms with Crippen LogP contribution >= 0.6 is 0 Å². The molecule has 0 atom stereocenters. The molecule has 9 heavy (non-hydrogen) atoms. The van der Waals surface area contributed by atoms with Crippen molar-refractivity contribution in [3.63, 3.8) is 0 Å². The van der Waals surface area contributed by atoms with E-state index in [1.165, 1.54) is 6.26 Å². The molecule has 0 spiro atoms. The molecule has 3 heteroatoms. The van der Waals surface area contributed by atoms with Crippen LogP contribution in [-0.2, 0) is 4.74 Å². The van der Waals surface area contributed by atoms with E-state index >= 15 is 0 Å². The summed E-state index contributed by atoms with van der Waals surface area (Å²) < 4.78 is 4.87. The Morgan fingerprint density at radius 1 is 1.78 bits per heavy atom. The van der Waals surface area contributed by atoms with Crippen LogP contribution in [0.3, 0.4) is 0 Å². The fourth-order valence-electron chi connectivity index (χ4n) is 0.561. The molecule has 0 amide bonds. The normalized spacial score (nSPS) is 16.2. The number of rotatable bonds is 1. The molecule has 1 aliphatic rings. The predicted octanol–water partition coefficient (Wildman–Crippen LogP) is 0.393. The molecule has 0 fully saturated rings. The molecule has 0 unspecified atom stereocenters. The van der Waals surface area contributed by atoms with Crippen molar-refractivity contribution >= 4 is 5.84 Å². The molecule has 0 bridgehead atoms. The third-order valence-corrected chi connectivity index (χ3v) is 1.01. The highest BCUT2D eigenvalue weighted by Crippen LogP contribution is 2.01. The van der Waals surface area contributed by atoms with Crippen LogP contribution < -0.4 is 5.73 Å². The highest BCUT2D eigenvalue weighted by atomic mass is 16.5. The minimum absolute atomic E-state index is 0.0472. The minimum atomic E-state index is 0.0472. The summed E-state index contributed by atoms with van der Waals surface area (Å²) >= 11 is 0. The van der Waals surface area contributed by atoms with Gasteiger partial charge in [0, 0.05) is 0 Å². The second kappa shape index (κ2) is 2.35. The van der Waals surface area contributed by atoms with E-state index in [1.54, 1.807) is 6.08 Å². The average Bonchev–Trinajstić information content (AvgIpc) is 1.90. The lowest BCUT2D eigenvalue weighted by Crippen LogP contribution is -2.13. The lowest BCUT2D eigenvalue weighted by Gasteiger charge is -2.04. The Balaban J connectivity index is 2.69. The highest BCUT2D eigenvalue weighted by molar-refractivity contribution is 5.96. The zero-order valence-electron chi connectivity index (χ0n) is 4.92. The van der Waals surface area contributed by atoms with E-state index in [9.17, 15) is 0 Å². The second-order valence-corrected chi connectivity index (χ2v) is 1.72. The summed E-state index contributed by atoms with van der Waals surface area (Å²) in [6.45, 7) is 0.580. The molecule has 0 radical (unpaired) electrons. The first-order chi connectivity index (χ1) is 4.30. The Morgan fingerprint density at radius 3 is 2.89 bits per heavy atom. The Hall–Kier alpha value is -1.25. The third-order valence-electron chi connectivity index (χ3n) is 1.01. The van der Waals surface area contributed by atoms with Gasteiger partial charge in [-0.2, -0.15) is 0 Å². The molecule has 1 aliphatic heterocycles. The summed E-state index contributed by atoms with van der Waals surface area (Å²) in [6.07, 6.45) is 5.07. The van der Waals surface area contributed by atoms with Gasteiger partial charge in [-0.1, -0.05) is 0 Å². The third kappa shape index (κ3) is 1.32. The number of nitrogens with two attached hydrogens (primary N) is 1. The van der Waals surface area contributed by atoms with Crippen molar-refractivity contribution in [3.05, 3.63) is 24.0 Å². The fourth-order valence-corrected chi connectivity index (χ4v) is 0.561. The summed E-state index contributed by atoms with van der Waals surface area (Å²) in [5, 5.41) is 6.97. The van der Waals surface area contributed by atoms with E-state index in [0.29, 0.717) is 12.2 Å². The van der Waals surface area contributed by atoms with Crippen LogP contribution in [0.2, 0.25) is 0 Å². The maximum absolute atomic E-state index is 6.97. The van der Waals surface area contributed by atoms with E-state index in [0.717, 1.165) is 0 Å². The van der Waals surface area contributed by atoms with Crippen molar-refractivity contribution in [1.82, 2.24) is 0 Å². The molecule has 0 aromatic heterocycles. The number of hydrogen-bond acceptors (Lipinski definition) is 2. The number of amidine groups is 1. The van der Waals surface area contributed by atoms with Gasteiger partial charge >= 0.3 is 0 Å². The summed E-state index contributed by atoms with van der Waals surface area (Å²) in [7, 11) is 0. The molecule has 0 aliphatic carbocycles. The first-order valence-corrected chi connectivity index (χ1v) is 2.63. The highest BCUT2D eigenvalue weighted by Gasteiger charge is 1.98. The van der Waals surface area contributed by atoms with Gasteiger partial charge in [-0.25, -0.2) is 0 Å². The molecule has 0 saturated carbocycles. The first-order valence-electron chi connectivity index (χ1n) is 2.63. The van der Waals surface area contributed by atoms with Crippen LogP contribution in [0.4, 0.5) is 0 Å². The smallest absolute Gasteiger partial charge is 0.125 e. The van der Waals surface area contributed by atoms with E-state index in [2.05, 4.69) is 0 Å². The SMILES string of the molecule is N=C(N)C1=COCC=C1. The quantitative estimate of drug-likeness (QED) is 0.392. The van der Waals surface area contributed by atoms with Gasteiger partial charge < -0.3 is 10.5 Å². The Labute approximate surface area is 53.3 Å². The van der Waals surface area contributed by atoms with Gasteiger partial charge in [0.25, 0.3) is 0 Å². The number of nitrogens with one attached hydrogen (secondary N) is 1. The van der Waals surface area contributed by atoms with Gasteiger partial charge in [-0.3, -0.25) is 5.41 Å². The molecule has 1 heterocycles. The Bertz CT molecular complexity index is 181. The van der Waals surface area contributed by atoms with Gasteiger partial charge in [0.05, 0.1) is 11.8 Å². The van der Waals surface area contributed by atoms with Crippen molar-refractivity contribution in [2.75, 3.05) is 6.61 Å². The van der Waals surface area contributed by atoms with Gasteiger partial charge in [0.1, 0.15) is 12.4 Å². The maximum Gasteiger partial charge on any atom is 0.125 e. The molecule has 0 aromatic rings. The molecule has 0 aromatic carbocycles. The summed E-state index contributed by atoms with van der Waals surface area (Å²) in [5.41, 5.74) is 5.79. The van der Waals surface area contributed by atoms with E-state index in [4.69, 9.17) is 15.9 Å². The van der Waals surface area contributed by atoms with E-state index in [-0.39, 0.29) is 5.84 Å². The largest absolute Gasteiger partial charge is 0.496 e. The molecule has 3 nitrogen and oxygen atoms in total. The number of ether oxygens (including phenoxy) is 1. The summed E-state index contributed by atoms with van der Waals surface area (Å²) in [5.74, 6) is 0.0472. The molecule has 48 valence electrons. The topological polar surface area (TPSA) is 59.1 Å². The van der Waals surface area contributed by atoms with Crippen LogP contribution in [0.1, 0.15) is 0 Å². The van der Waals surface area contributed by atoms with Crippen molar-refractivity contribution in [1.29, 1.82) is 5.41 Å². The van der Waals surface area contributed by atoms with Crippen LogP contribution in [0.15, 0.2) is 24.0 Å². The maximum atomic E-state index is 6.97. The van der Waals surface area contributed by atoms with Gasteiger partial charge in [-0.15, -0.1) is 0 Å². The monoisotopic (exact) mass is 124 g/mol. The average molecular weight is 124 g/mol. The van der Waals surface area contributed by atoms with E-state index < -0.39 is 0 Å². The zero-order valence-corrected chi connectivity index (χ0v) is 4.92. The van der Waals surface area contributed by atoms with Crippen LogP contribution in [0.5, 0.6) is 0 Å². The van der Waals surface area contributed by atoms with Crippen molar-refractivity contribution in [3.8, 4) is 0 Å². The van der Waals surface area contributed by atoms with Gasteiger partial charge in [-0.05, 0) is 12.2 Å². The molecule has 1 rings (SSSR count). The van der Waals surface area contributed by atoms with E-state index in [1.807, 2.05) is 6.08 Å². The lowest BCUT2D eigenvalue weighted by molar-refractivity contribution is 0.284. The predicted molar refractivity (Wildman–Crippen MR) is 35.1 cm³/mol. The van der Waals surface area contributed by atoms with Gasteiger partial charge in [0.15, 0.2) is 0 Å². The Kier molecular flexibility index (Phi) is 1.53. The summed E-state index contributed by atoms with van der Waals surface area (Å²) in [6, 6.07) is 0. The molecular weight excluding hydrogens is 116 g/mol. The van der Waals surface area contributed by atoms with Crippen molar-refractivity contribution in [2.24, 2.45) is 5.73 Å². The summed E-state index contributed by atoms with van der Waals surface area (Å²) in [4.78, 5) is 0. The molecular formula is C6H8N2O. The fraction of sp³-hybridized carbons (Fsp3) is 0.167. The zero-order chi connectivity index (χ0) is 6.69. The minimum Gasteiger partial charge on any atom is -0.496 e. The van der Waals surface area contributed by atoms with Crippen molar-refractivity contribution in [2.45, 2.75) is 0 Å². The van der Waals surface area contributed by atoms with Crippen LogP contribution in [0.25, 0.3) is 0 Å². The second-order valence-electron chi connectivity index (χ2n) is 1.72. The lowest BCUT2D eigenvalue weighted by atomic mass is 10.2. The molecule has 3 N–H and O–H groups in total. The molecule has 0 saturated heterocycles.